The van der Waals surface area contributed by atoms with Crippen molar-refractivity contribution in [1.29, 1.82) is 0 Å². The van der Waals surface area contributed by atoms with Crippen molar-refractivity contribution in [1.82, 2.24) is 10.2 Å². The lowest BCUT2D eigenvalue weighted by Crippen LogP contribution is -2.30. The Hall–Kier alpha value is -3.68. The Kier molecular flexibility index (Phi) is 6.76. The fourth-order valence-electron chi connectivity index (χ4n) is 4.02. The van der Waals surface area contributed by atoms with Crippen molar-refractivity contribution in [3.63, 3.8) is 0 Å². The Labute approximate surface area is 220 Å². The minimum atomic E-state index is -0.546. The highest BCUT2D eigenvalue weighted by atomic mass is 79.9. The molecule has 0 aliphatic carbocycles. The second kappa shape index (κ2) is 10.1. The maximum atomic E-state index is 13.2. The maximum absolute atomic E-state index is 13.2. The first-order valence-corrected chi connectivity index (χ1v) is 12.2. The van der Waals surface area contributed by atoms with Crippen LogP contribution in [0.15, 0.2) is 89.0 Å². The van der Waals surface area contributed by atoms with Crippen LogP contribution in [-0.2, 0) is 17.9 Å². The standard InChI is InChI=1S/C28H19BrClFN2O3/c29-23-12-18(14-25-27(34)33(28(35)32-25)15-17-8-10-21(31)11-9-17)13-24(30)26(23)36-16-20-6-3-5-19-4-1-2-7-22(19)20/h1-14H,15-16H2,(H,32,35)/b25-14+. The number of hydrogen-bond acceptors (Lipinski definition) is 3. The number of amides is 3. The molecule has 5 nitrogen and oxygen atoms in total. The van der Waals surface area contributed by atoms with Gasteiger partial charge in [-0.25, -0.2) is 9.18 Å². The number of urea groups is 1. The number of halogens is 3. The molecule has 0 radical (unpaired) electrons. The summed E-state index contributed by atoms with van der Waals surface area (Å²) in [5.74, 6) is -0.386. The molecule has 0 atom stereocenters. The summed E-state index contributed by atoms with van der Waals surface area (Å²) >= 11 is 10.0. The zero-order valence-corrected chi connectivity index (χ0v) is 21.1. The van der Waals surface area contributed by atoms with Crippen LogP contribution in [0.4, 0.5) is 9.18 Å². The van der Waals surface area contributed by atoms with E-state index in [0.29, 0.717) is 33.0 Å². The van der Waals surface area contributed by atoms with Crippen molar-refractivity contribution in [2.75, 3.05) is 0 Å². The van der Waals surface area contributed by atoms with E-state index in [1.54, 1.807) is 18.2 Å². The molecule has 0 aromatic heterocycles. The van der Waals surface area contributed by atoms with Crippen molar-refractivity contribution in [2.24, 2.45) is 0 Å². The molecule has 1 N–H and O–H groups in total. The molecule has 3 amide bonds. The van der Waals surface area contributed by atoms with Crippen LogP contribution in [0.3, 0.4) is 0 Å². The van der Waals surface area contributed by atoms with Crippen LogP contribution in [0.25, 0.3) is 16.8 Å². The summed E-state index contributed by atoms with van der Waals surface area (Å²) in [5, 5.41) is 5.18. The Morgan fingerprint density at radius 1 is 1.00 bits per heavy atom. The molecule has 0 saturated carbocycles. The van der Waals surface area contributed by atoms with E-state index in [4.69, 9.17) is 16.3 Å². The van der Waals surface area contributed by atoms with Gasteiger partial charge in [-0.1, -0.05) is 66.2 Å². The number of imide groups is 1. The van der Waals surface area contributed by atoms with E-state index in [0.717, 1.165) is 21.2 Å². The molecule has 180 valence electrons. The van der Waals surface area contributed by atoms with Crippen LogP contribution in [0.5, 0.6) is 5.75 Å². The molecule has 0 unspecified atom stereocenters. The molecule has 8 heteroatoms. The predicted octanol–water partition coefficient (Wildman–Crippen LogP) is 7.07. The summed E-state index contributed by atoms with van der Waals surface area (Å²) in [4.78, 5) is 26.3. The van der Waals surface area contributed by atoms with Crippen LogP contribution >= 0.6 is 27.5 Å². The van der Waals surface area contributed by atoms with Gasteiger partial charge in [-0.2, -0.15) is 0 Å². The molecule has 1 fully saturated rings. The Morgan fingerprint density at radius 2 is 1.75 bits per heavy atom. The first-order chi connectivity index (χ1) is 17.4. The number of benzene rings is 4. The third kappa shape index (κ3) is 4.98. The average molecular weight is 566 g/mol. The number of carbonyl (C=O) groups excluding carboxylic acids is 2. The van der Waals surface area contributed by atoms with Crippen molar-refractivity contribution in [3.8, 4) is 5.75 Å². The summed E-state index contributed by atoms with van der Waals surface area (Å²) < 4.78 is 19.8. The topological polar surface area (TPSA) is 58.6 Å². The van der Waals surface area contributed by atoms with Gasteiger partial charge in [0.25, 0.3) is 5.91 Å². The number of carbonyl (C=O) groups is 2. The van der Waals surface area contributed by atoms with Crippen molar-refractivity contribution < 1.29 is 18.7 Å². The fourth-order valence-corrected chi connectivity index (χ4v) is 5.01. The lowest BCUT2D eigenvalue weighted by molar-refractivity contribution is -0.123. The van der Waals surface area contributed by atoms with Crippen LogP contribution in [0, 0.1) is 5.82 Å². The van der Waals surface area contributed by atoms with Gasteiger partial charge in [0.1, 0.15) is 18.1 Å². The second-order valence-corrected chi connectivity index (χ2v) is 9.51. The summed E-state index contributed by atoms with van der Waals surface area (Å²) in [6.45, 7) is 0.362. The largest absolute Gasteiger partial charge is 0.486 e. The summed E-state index contributed by atoms with van der Waals surface area (Å²) in [6.07, 6.45) is 1.55. The van der Waals surface area contributed by atoms with Gasteiger partial charge < -0.3 is 10.1 Å². The first kappa shape index (κ1) is 24.0. The SMILES string of the molecule is O=C1N/C(=C/c2cc(Cl)c(OCc3cccc4ccccc34)c(Br)c2)C(=O)N1Cc1ccc(F)cc1. The highest BCUT2D eigenvalue weighted by Gasteiger charge is 2.33. The lowest BCUT2D eigenvalue weighted by Gasteiger charge is -2.13. The van der Waals surface area contributed by atoms with Gasteiger partial charge in [0.2, 0.25) is 0 Å². The van der Waals surface area contributed by atoms with E-state index in [9.17, 15) is 14.0 Å². The van der Waals surface area contributed by atoms with Gasteiger partial charge in [-0.15, -0.1) is 0 Å². The first-order valence-electron chi connectivity index (χ1n) is 11.1. The minimum Gasteiger partial charge on any atom is -0.486 e. The molecule has 1 saturated heterocycles. The molecule has 5 rings (SSSR count). The van der Waals surface area contributed by atoms with Crippen molar-refractivity contribution in [2.45, 2.75) is 13.2 Å². The zero-order valence-electron chi connectivity index (χ0n) is 18.8. The van der Waals surface area contributed by atoms with Crippen LogP contribution in [0.1, 0.15) is 16.7 Å². The van der Waals surface area contributed by atoms with Gasteiger partial charge in [0.15, 0.2) is 5.75 Å². The molecular formula is C28H19BrClFN2O3. The Balaban J connectivity index is 1.33. The Bertz CT molecular complexity index is 1490. The van der Waals surface area contributed by atoms with Gasteiger partial charge >= 0.3 is 6.03 Å². The zero-order chi connectivity index (χ0) is 25.2. The molecule has 0 bridgehead atoms. The van der Waals surface area contributed by atoms with E-state index in [-0.39, 0.29) is 18.1 Å². The highest BCUT2D eigenvalue weighted by molar-refractivity contribution is 9.10. The van der Waals surface area contributed by atoms with Gasteiger partial charge in [-0.05, 0) is 73.7 Å². The number of hydrogen-bond donors (Lipinski definition) is 1. The van der Waals surface area contributed by atoms with Gasteiger partial charge in [0.05, 0.1) is 16.0 Å². The summed E-state index contributed by atoms with van der Waals surface area (Å²) in [6, 6.07) is 22.6. The van der Waals surface area contributed by atoms with Crippen LogP contribution < -0.4 is 10.1 Å². The van der Waals surface area contributed by atoms with E-state index >= 15 is 0 Å². The fraction of sp³-hybridized carbons (Fsp3) is 0.0714. The van der Waals surface area contributed by atoms with Gasteiger partial charge in [-0.3, -0.25) is 9.69 Å². The molecule has 1 aliphatic heterocycles. The highest BCUT2D eigenvalue weighted by Crippen LogP contribution is 2.36. The lowest BCUT2D eigenvalue weighted by atomic mass is 10.1. The third-order valence-corrected chi connectivity index (χ3v) is 6.67. The van der Waals surface area contributed by atoms with E-state index < -0.39 is 11.9 Å². The third-order valence-electron chi connectivity index (χ3n) is 5.80. The van der Waals surface area contributed by atoms with Crippen LogP contribution in [0.2, 0.25) is 5.02 Å². The molecular weight excluding hydrogens is 547 g/mol. The summed E-state index contributed by atoms with van der Waals surface area (Å²) in [5.41, 5.74) is 2.40. The van der Waals surface area contributed by atoms with Crippen LogP contribution in [-0.4, -0.2) is 16.8 Å². The minimum absolute atomic E-state index is 0.0354. The number of rotatable bonds is 6. The molecule has 4 aromatic rings. The van der Waals surface area contributed by atoms with Crippen molar-refractivity contribution >= 4 is 56.3 Å². The average Bonchev–Trinajstić information content (AvgIpc) is 3.12. The number of ether oxygens (including phenoxy) is 1. The van der Waals surface area contributed by atoms with E-state index in [1.165, 1.54) is 24.3 Å². The molecule has 1 heterocycles. The van der Waals surface area contributed by atoms with Gasteiger partial charge in [0, 0.05) is 0 Å². The number of nitrogens with one attached hydrogen (secondary N) is 1. The van der Waals surface area contributed by atoms with E-state index in [1.807, 2.05) is 42.5 Å². The Morgan fingerprint density at radius 3 is 2.53 bits per heavy atom. The van der Waals surface area contributed by atoms with Crippen molar-refractivity contribution in [3.05, 3.63) is 117 Å². The quantitative estimate of drug-likeness (QED) is 0.201. The van der Waals surface area contributed by atoms with E-state index in [2.05, 4.69) is 21.2 Å². The molecule has 4 aromatic carbocycles. The molecule has 36 heavy (non-hydrogen) atoms. The monoisotopic (exact) mass is 564 g/mol. The smallest absolute Gasteiger partial charge is 0.329 e. The maximum Gasteiger partial charge on any atom is 0.329 e. The normalized spacial score (nSPS) is 14.5. The number of fused-ring (bicyclic) bond motifs is 1. The number of nitrogens with zero attached hydrogens (tertiary/aromatic N) is 1. The summed E-state index contributed by atoms with van der Waals surface area (Å²) in [7, 11) is 0. The molecule has 0 spiro atoms. The molecule has 1 aliphatic rings. The second-order valence-electron chi connectivity index (χ2n) is 8.25. The predicted molar refractivity (Wildman–Crippen MR) is 141 cm³/mol.